The lowest BCUT2D eigenvalue weighted by molar-refractivity contribution is -0.142. The van der Waals surface area contributed by atoms with E-state index in [2.05, 4.69) is 79.4 Å². The second kappa shape index (κ2) is 38.9. The van der Waals surface area contributed by atoms with Gasteiger partial charge in [-0.05, 0) is 73.2 Å². The zero-order valence-electron chi connectivity index (χ0n) is 52.8. The normalized spacial score (nSPS) is 15.8. The summed E-state index contributed by atoms with van der Waals surface area (Å²) in [6.45, 7) is 5.76. The summed E-state index contributed by atoms with van der Waals surface area (Å²) in [5.41, 5.74) is 1.72. The Bertz CT molecular complexity index is 3210. The number of carboxylic acids is 2. The highest BCUT2D eigenvalue weighted by molar-refractivity contribution is 9.10. The molecule has 27 nitrogen and oxygen atoms in total. The van der Waals surface area contributed by atoms with Gasteiger partial charge in [0.25, 0.3) is 0 Å². The van der Waals surface area contributed by atoms with Gasteiger partial charge in [0.1, 0.15) is 59.8 Å². The van der Waals surface area contributed by atoms with Crippen LogP contribution in [0, 0.1) is 24.2 Å². The molecule has 4 aromatic rings. The van der Waals surface area contributed by atoms with Crippen molar-refractivity contribution < 1.29 is 72.3 Å². The first-order chi connectivity index (χ1) is 44.3. The van der Waals surface area contributed by atoms with E-state index in [1.54, 1.807) is 12.1 Å². The maximum Gasteiger partial charge on any atom is 0.326 e. The Hall–Kier alpha value is -7.84. The fraction of sp³-hybridized carbons (Fsp3) is 0.594. The first-order valence-electron chi connectivity index (χ1n) is 31.6. The van der Waals surface area contributed by atoms with Crippen molar-refractivity contribution in [3.8, 4) is 23.1 Å². The molecule has 1 aliphatic carbocycles. The Morgan fingerprint density at radius 2 is 1.28 bits per heavy atom. The molecule has 1 saturated heterocycles. The number of nitrogens with zero attached hydrogens (tertiary/aromatic N) is 7. The van der Waals surface area contributed by atoms with E-state index in [1.165, 1.54) is 67.2 Å². The molecule has 6 rings (SSSR count). The van der Waals surface area contributed by atoms with Gasteiger partial charge in [-0.15, -0.1) is 0 Å². The van der Waals surface area contributed by atoms with Crippen molar-refractivity contribution in [1.29, 1.82) is 0 Å². The number of Topliss-reactive ketones (excluding diaryl/α,β-unsaturated/α-hetero) is 1. The molecular formula is C64H87BrN12O15. The maximum atomic E-state index is 14.1. The number of unbranched alkanes of at least 4 members (excludes halogenated alkanes) is 13. The number of likely N-dealkylation sites (tertiary alicyclic amines) is 1. The maximum absolute atomic E-state index is 14.1. The number of fused-ring (bicyclic) bond motifs is 2. The van der Waals surface area contributed by atoms with Gasteiger partial charge in [-0.1, -0.05) is 95.0 Å². The number of amides is 6. The molecular weight excluding hydrogens is 1260 g/mol. The monoisotopic (exact) mass is 1340 g/mol. The van der Waals surface area contributed by atoms with Crippen molar-refractivity contribution in [2.75, 3.05) is 71.3 Å². The number of halogens is 1. The highest BCUT2D eigenvalue weighted by atomic mass is 79.9. The van der Waals surface area contributed by atoms with E-state index in [0.717, 1.165) is 56.9 Å². The Morgan fingerprint density at radius 1 is 0.707 bits per heavy atom. The van der Waals surface area contributed by atoms with Gasteiger partial charge >= 0.3 is 11.9 Å². The fourth-order valence-corrected chi connectivity index (χ4v) is 10.8. The summed E-state index contributed by atoms with van der Waals surface area (Å²) in [5.74, 6) is 2.36. The number of hydrogen-bond donors (Lipinski definition) is 7. The number of hydrogen-bond acceptors (Lipinski definition) is 18. The number of aryl methyl sites for hydroxylation is 1. The number of carboxylic acid groups (broad SMARTS) is 2. The van der Waals surface area contributed by atoms with Crippen LogP contribution in [0.15, 0.2) is 41.4 Å². The van der Waals surface area contributed by atoms with Crippen LogP contribution < -0.4 is 26.6 Å². The van der Waals surface area contributed by atoms with E-state index in [0.29, 0.717) is 51.2 Å². The minimum Gasteiger partial charge on any atom is -0.481 e. The molecule has 1 fully saturated rings. The number of aromatic nitrogens is 6. The molecule has 4 aromatic heterocycles. The van der Waals surface area contributed by atoms with Gasteiger partial charge in [-0.3, -0.25) is 48.0 Å². The Morgan fingerprint density at radius 3 is 1.86 bits per heavy atom. The van der Waals surface area contributed by atoms with Crippen LogP contribution in [-0.4, -0.2) is 182 Å². The van der Waals surface area contributed by atoms with Gasteiger partial charge < -0.3 is 60.6 Å². The smallest absolute Gasteiger partial charge is 0.326 e. The number of ether oxygens (including phenoxy) is 4. The molecule has 0 saturated carbocycles. The Balaban J connectivity index is 0.743. The molecule has 1 aliphatic heterocycles. The zero-order chi connectivity index (χ0) is 66.3. The van der Waals surface area contributed by atoms with Gasteiger partial charge in [0.15, 0.2) is 5.78 Å². The molecule has 92 heavy (non-hydrogen) atoms. The Kier molecular flexibility index (Phi) is 30.9. The molecule has 2 aliphatic rings. The number of pyridine rings is 2. The van der Waals surface area contributed by atoms with Crippen LogP contribution in [0.1, 0.15) is 158 Å². The van der Waals surface area contributed by atoms with Crippen LogP contribution in [0.4, 0.5) is 5.82 Å². The third kappa shape index (κ3) is 24.7. The van der Waals surface area contributed by atoms with Crippen molar-refractivity contribution >= 4 is 85.8 Å². The Labute approximate surface area is 543 Å². The summed E-state index contributed by atoms with van der Waals surface area (Å²) in [6.07, 6.45) is 20.1. The number of carbonyl (C=O) groups is 9. The van der Waals surface area contributed by atoms with E-state index in [-0.39, 0.29) is 134 Å². The quantitative estimate of drug-likeness (QED) is 0.0119. The van der Waals surface area contributed by atoms with E-state index in [4.69, 9.17) is 24.1 Å². The molecule has 0 aromatic carbocycles. The van der Waals surface area contributed by atoms with Crippen LogP contribution in [0.5, 0.6) is 0 Å². The second-order valence-electron chi connectivity index (χ2n) is 23.1. The lowest BCUT2D eigenvalue weighted by Gasteiger charge is -2.34. The van der Waals surface area contributed by atoms with Gasteiger partial charge in [-0.2, -0.15) is 5.10 Å². The zero-order valence-corrected chi connectivity index (χ0v) is 54.4. The SMILES string of the molecule is CC(=O)c1nn(CC(=O)N2[C@H](C(=O)Nc3nc(Br)ccc3C)C[C@@]3(C)C#C[C@@H]23)c2cnc(-c3cnc(CNC(=O)COCCOCCNC(=O)COCCOCCNC(=O)CC[C@H](NC(=O)CCCCCCCCCCCCCCCCC(=O)O)C(=O)O)nc3)cc12. The van der Waals surface area contributed by atoms with E-state index >= 15 is 0 Å². The van der Waals surface area contributed by atoms with Crippen molar-refractivity contribution in [3.63, 3.8) is 0 Å². The molecule has 4 atom stereocenters. The van der Waals surface area contributed by atoms with Gasteiger partial charge in [-0.25, -0.2) is 19.7 Å². The van der Waals surface area contributed by atoms with Crippen molar-refractivity contribution in [3.05, 3.63) is 58.5 Å². The highest BCUT2D eigenvalue weighted by Crippen LogP contribution is 2.45. The number of anilines is 1. The topological polar surface area (TPSA) is 364 Å². The lowest BCUT2D eigenvalue weighted by atomic mass is 9.76. The molecule has 0 spiro atoms. The standard InChI is InChI=1S/C64H87BrN12O15/c1-43-20-22-52(65)73-61(43)74-62(86)49-35-64(3)25-24-51(64)77(49)58(83)40-76-50-38-68-48(34-46(50)60(75-76)44(2)78)45-36-69-53(70-37-45)39-71-57(82)42-92-33-31-90-29-27-67-56(81)41-91-32-30-89-28-26-66-54(79)23-21-47(63(87)88)72-55(80)18-16-14-12-10-8-6-4-5-7-9-11-13-15-17-19-59(84)85/h20,22,34,36-38,47,49,51H,4-19,21,23,26-33,35,39-42H2,1-3H3,(H,66,79)(H,67,81)(H,71,82)(H,72,80)(H,84,85)(H,87,88)(H,73,74,86)/t47-,49-,51+,64+/m0/s1. The van der Waals surface area contributed by atoms with Crippen LogP contribution in [0.3, 0.4) is 0 Å². The third-order valence-corrected chi connectivity index (χ3v) is 16.1. The molecule has 5 heterocycles. The van der Waals surface area contributed by atoms with E-state index in [1.807, 2.05) is 19.9 Å². The molecule has 7 N–H and O–H groups in total. The van der Waals surface area contributed by atoms with Crippen LogP contribution >= 0.6 is 15.9 Å². The first-order valence-corrected chi connectivity index (χ1v) is 32.4. The second-order valence-corrected chi connectivity index (χ2v) is 23.9. The van der Waals surface area contributed by atoms with Gasteiger partial charge in [0.2, 0.25) is 35.4 Å². The minimum atomic E-state index is -1.20. The van der Waals surface area contributed by atoms with Gasteiger partial charge in [0, 0.05) is 62.6 Å². The lowest BCUT2D eigenvalue weighted by Crippen LogP contribution is -2.50. The van der Waals surface area contributed by atoms with Crippen LogP contribution in [-0.2, 0) is 70.4 Å². The number of carbonyl (C=O) groups excluding carboxylic acids is 7. The summed E-state index contributed by atoms with van der Waals surface area (Å²) in [5, 5.41) is 36.7. The number of nitrogens with one attached hydrogen (secondary N) is 5. The van der Waals surface area contributed by atoms with E-state index in [9.17, 15) is 48.3 Å². The summed E-state index contributed by atoms with van der Waals surface area (Å²) in [7, 11) is 0. The molecule has 6 amide bonds. The molecule has 0 unspecified atom stereocenters. The largest absolute Gasteiger partial charge is 0.481 e. The molecule has 500 valence electrons. The summed E-state index contributed by atoms with van der Waals surface area (Å²) >= 11 is 3.35. The van der Waals surface area contributed by atoms with Crippen molar-refractivity contribution in [2.24, 2.45) is 5.41 Å². The van der Waals surface area contributed by atoms with Crippen LogP contribution in [0.2, 0.25) is 0 Å². The van der Waals surface area contributed by atoms with Gasteiger partial charge in [0.05, 0.1) is 69.0 Å². The first kappa shape index (κ1) is 73.2. The highest BCUT2D eigenvalue weighted by Gasteiger charge is 2.56. The van der Waals surface area contributed by atoms with Crippen molar-refractivity contribution in [1.82, 2.24) is 55.9 Å². The average molecular weight is 1340 g/mol. The number of aliphatic carboxylic acids is 2. The molecule has 0 bridgehead atoms. The van der Waals surface area contributed by atoms with Crippen LogP contribution in [0.25, 0.3) is 22.2 Å². The molecule has 28 heteroatoms. The molecule has 0 radical (unpaired) electrons. The van der Waals surface area contributed by atoms with E-state index < -0.39 is 53.2 Å². The summed E-state index contributed by atoms with van der Waals surface area (Å²) < 4.78 is 23.6. The van der Waals surface area contributed by atoms with Crippen molar-refractivity contribution in [2.45, 2.75) is 174 Å². The predicted octanol–water partition coefficient (Wildman–Crippen LogP) is 5.78. The predicted molar refractivity (Wildman–Crippen MR) is 340 cm³/mol. The summed E-state index contributed by atoms with van der Waals surface area (Å²) in [6, 6.07) is 2.78. The third-order valence-electron chi connectivity index (χ3n) is 15.6. The minimum absolute atomic E-state index is 0.0147. The summed E-state index contributed by atoms with van der Waals surface area (Å²) in [4.78, 5) is 132. The number of rotatable bonds is 46. The fourth-order valence-electron chi connectivity index (χ4n) is 10.5. The number of ketones is 1. The average Bonchev–Trinajstić information content (AvgIpc) is 1.58.